The Labute approximate surface area is 177 Å². The molecule has 1 aromatic carbocycles. The quantitative estimate of drug-likeness (QED) is 0.839. The highest BCUT2D eigenvalue weighted by atomic mass is 16.6. The van der Waals surface area contributed by atoms with Crippen molar-refractivity contribution in [2.75, 3.05) is 13.1 Å². The van der Waals surface area contributed by atoms with Crippen molar-refractivity contribution >= 4 is 12.0 Å². The van der Waals surface area contributed by atoms with Crippen molar-refractivity contribution < 1.29 is 14.3 Å². The molecule has 1 saturated heterocycles. The highest BCUT2D eigenvalue weighted by Crippen LogP contribution is 2.39. The number of benzene rings is 1. The number of amides is 2. The summed E-state index contributed by atoms with van der Waals surface area (Å²) >= 11 is 0. The van der Waals surface area contributed by atoms with Gasteiger partial charge in [0.05, 0.1) is 23.1 Å². The number of carbonyl (C=O) groups is 2. The number of nitrogens with one attached hydrogen (secondary N) is 1. The van der Waals surface area contributed by atoms with Gasteiger partial charge >= 0.3 is 6.09 Å². The molecule has 2 aliphatic rings. The number of hydrogen-bond donors (Lipinski definition) is 1. The lowest BCUT2D eigenvalue weighted by molar-refractivity contribution is 0.0491. The average molecular weight is 411 g/mol. The molecule has 30 heavy (non-hydrogen) atoms. The van der Waals surface area contributed by atoms with Crippen LogP contribution in [0.2, 0.25) is 0 Å². The largest absolute Gasteiger partial charge is 0.444 e. The monoisotopic (exact) mass is 410 g/mol. The van der Waals surface area contributed by atoms with Gasteiger partial charge in [0.15, 0.2) is 0 Å². The number of rotatable bonds is 3. The molecule has 0 unspecified atom stereocenters. The van der Waals surface area contributed by atoms with Crippen molar-refractivity contribution in [3.63, 3.8) is 0 Å². The second-order valence-corrected chi connectivity index (χ2v) is 9.36. The van der Waals surface area contributed by atoms with E-state index in [0.29, 0.717) is 18.0 Å². The van der Waals surface area contributed by atoms with E-state index < -0.39 is 5.60 Å². The second-order valence-electron chi connectivity index (χ2n) is 9.36. The Kier molecular flexibility index (Phi) is 5.30. The van der Waals surface area contributed by atoms with Crippen LogP contribution < -0.4 is 5.32 Å². The summed E-state index contributed by atoms with van der Waals surface area (Å²) < 4.78 is 7.21. The van der Waals surface area contributed by atoms with E-state index in [1.165, 1.54) is 0 Å². The van der Waals surface area contributed by atoms with Crippen LogP contribution in [0.15, 0.2) is 36.5 Å². The topological polar surface area (TPSA) is 76.5 Å². The predicted molar refractivity (Wildman–Crippen MR) is 114 cm³/mol. The van der Waals surface area contributed by atoms with Crippen LogP contribution in [0.1, 0.15) is 49.7 Å². The van der Waals surface area contributed by atoms with Crippen molar-refractivity contribution in [2.24, 2.45) is 11.8 Å². The highest BCUT2D eigenvalue weighted by molar-refractivity contribution is 5.95. The number of nitrogens with zero attached hydrogens (tertiary/aromatic N) is 3. The van der Waals surface area contributed by atoms with Crippen molar-refractivity contribution in [1.82, 2.24) is 20.0 Å². The molecule has 2 fully saturated rings. The number of likely N-dealkylation sites (tertiary alicyclic amines) is 1. The number of fused-ring (bicyclic) bond motifs is 1. The molecule has 2 amide bonds. The van der Waals surface area contributed by atoms with Crippen LogP contribution in [0.4, 0.5) is 4.79 Å². The van der Waals surface area contributed by atoms with Crippen LogP contribution in [0, 0.1) is 18.8 Å². The first-order chi connectivity index (χ1) is 14.2. The normalized spacial score (nSPS) is 23.3. The SMILES string of the molecule is Cc1c(C(=O)N2C[C@@H]3CC[C@H](NC(=O)OC(C)(C)C)[C@H]3C2)cnn1-c1ccccc1. The van der Waals surface area contributed by atoms with E-state index in [4.69, 9.17) is 4.74 Å². The molecule has 1 N–H and O–H groups in total. The Morgan fingerprint density at radius 1 is 1.13 bits per heavy atom. The molecule has 1 saturated carbocycles. The zero-order chi connectivity index (χ0) is 21.5. The van der Waals surface area contributed by atoms with Gasteiger partial charge in [0, 0.05) is 25.0 Å². The molecule has 2 aromatic rings. The van der Waals surface area contributed by atoms with Crippen LogP contribution in [0.5, 0.6) is 0 Å². The van der Waals surface area contributed by atoms with E-state index in [2.05, 4.69) is 10.4 Å². The zero-order valence-electron chi connectivity index (χ0n) is 18.1. The Balaban J connectivity index is 1.43. The average Bonchev–Trinajstić information content (AvgIpc) is 3.36. The molecule has 0 bridgehead atoms. The van der Waals surface area contributed by atoms with Crippen molar-refractivity contribution in [2.45, 2.75) is 52.2 Å². The number of carbonyl (C=O) groups excluding carboxylic acids is 2. The molecule has 2 heterocycles. The molecule has 0 spiro atoms. The van der Waals surface area contributed by atoms with Crippen LogP contribution in [-0.2, 0) is 4.74 Å². The smallest absolute Gasteiger partial charge is 0.407 e. The number of para-hydroxylation sites is 1. The number of alkyl carbamates (subject to hydrolysis) is 1. The van der Waals surface area contributed by atoms with Gasteiger partial charge in [-0.3, -0.25) is 4.79 Å². The summed E-state index contributed by atoms with van der Waals surface area (Å²) in [6.07, 6.45) is 3.23. The fourth-order valence-corrected chi connectivity index (χ4v) is 4.69. The Morgan fingerprint density at radius 2 is 1.87 bits per heavy atom. The van der Waals surface area contributed by atoms with Gasteiger partial charge in [-0.1, -0.05) is 18.2 Å². The number of ether oxygens (including phenoxy) is 1. The van der Waals surface area contributed by atoms with E-state index in [1.54, 1.807) is 10.9 Å². The van der Waals surface area contributed by atoms with Gasteiger partial charge in [-0.15, -0.1) is 0 Å². The Hall–Kier alpha value is -2.83. The lowest BCUT2D eigenvalue weighted by Crippen LogP contribution is -2.42. The van der Waals surface area contributed by atoms with E-state index >= 15 is 0 Å². The maximum atomic E-state index is 13.2. The molecule has 0 radical (unpaired) electrons. The van der Waals surface area contributed by atoms with Crippen LogP contribution in [0.3, 0.4) is 0 Å². The van der Waals surface area contributed by atoms with Gasteiger partial charge in [-0.2, -0.15) is 5.10 Å². The van der Waals surface area contributed by atoms with E-state index in [-0.39, 0.29) is 24.0 Å². The third kappa shape index (κ3) is 4.06. The van der Waals surface area contributed by atoms with Crippen LogP contribution in [-0.4, -0.2) is 51.4 Å². The number of hydrogen-bond acceptors (Lipinski definition) is 4. The summed E-state index contributed by atoms with van der Waals surface area (Å²) in [7, 11) is 0. The molecule has 160 valence electrons. The molecule has 7 heteroatoms. The first-order valence-electron chi connectivity index (χ1n) is 10.6. The lowest BCUT2D eigenvalue weighted by Gasteiger charge is -2.25. The molecular formula is C23H30N4O3. The third-order valence-corrected chi connectivity index (χ3v) is 6.09. The maximum Gasteiger partial charge on any atom is 0.407 e. The standard InChI is InChI=1S/C23H30N4O3/c1-15-18(12-24-27(15)17-8-6-5-7-9-17)21(28)26-13-16-10-11-20(19(16)14-26)25-22(29)30-23(2,3)4/h5-9,12,16,19-20H,10-11,13-14H2,1-4H3,(H,25,29)/t16-,19-,20-/m0/s1. The minimum absolute atomic E-state index is 0.0140. The van der Waals surface area contributed by atoms with Gasteiger partial charge in [-0.25, -0.2) is 9.48 Å². The van der Waals surface area contributed by atoms with Crippen molar-refractivity contribution in [1.29, 1.82) is 0 Å². The van der Waals surface area contributed by atoms with Crippen LogP contribution >= 0.6 is 0 Å². The van der Waals surface area contributed by atoms with E-state index in [0.717, 1.165) is 30.8 Å². The van der Waals surface area contributed by atoms with Gasteiger partial charge < -0.3 is 15.0 Å². The summed E-state index contributed by atoms with van der Waals surface area (Å²) in [6.45, 7) is 8.89. The van der Waals surface area contributed by atoms with Crippen molar-refractivity contribution in [3.05, 3.63) is 47.8 Å². The lowest BCUT2D eigenvalue weighted by atomic mass is 9.98. The molecule has 1 aromatic heterocycles. The van der Waals surface area contributed by atoms with Crippen LogP contribution in [0.25, 0.3) is 5.69 Å². The van der Waals surface area contributed by atoms with Gasteiger partial charge in [0.1, 0.15) is 5.60 Å². The van der Waals surface area contributed by atoms with Gasteiger partial charge in [0.2, 0.25) is 0 Å². The zero-order valence-corrected chi connectivity index (χ0v) is 18.1. The summed E-state index contributed by atoms with van der Waals surface area (Å²) in [4.78, 5) is 27.3. The fourth-order valence-electron chi connectivity index (χ4n) is 4.69. The molecule has 3 atom stereocenters. The summed E-state index contributed by atoms with van der Waals surface area (Å²) in [6, 6.07) is 9.87. The second kappa shape index (κ2) is 7.78. The Bertz CT molecular complexity index is 932. The maximum absolute atomic E-state index is 13.2. The molecule has 1 aliphatic heterocycles. The summed E-state index contributed by atoms with van der Waals surface area (Å²) in [5.74, 6) is 0.699. The van der Waals surface area contributed by atoms with Gasteiger partial charge in [-0.05, 0) is 58.6 Å². The molecule has 4 rings (SSSR count). The molecule has 1 aliphatic carbocycles. The number of aromatic nitrogens is 2. The van der Waals surface area contributed by atoms with Gasteiger partial charge in [0.25, 0.3) is 5.91 Å². The first-order valence-corrected chi connectivity index (χ1v) is 10.6. The molecular weight excluding hydrogens is 380 g/mol. The van der Waals surface area contributed by atoms with Crippen molar-refractivity contribution in [3.8, 4) is 5.69 Å². The minimum Gasteiger partial charge on any atom is -0.444 e. The molecule has 7 nitrogen and oxygen atoms in total. The Morgan fingerprint density at radius 3 is 2.57 bits per heavy atom. The predicted octanol–water partition coefficient (Wildman–Crippen LogP) is 3.56. The highest BCUT2D eigenvalue weighted by Gasteiger charge is 2.45. The summed E-state index contributed by atoms with van der Waals surface area (Å²) in [5.41, 5.74) is 1.90. The van der Waals surface area contributed by atoms with E-state index in [1.807, 2.05) is 62.9 Å². The van der Waals surface area contributed by atoms with E-state index in [9.17, 15) is 9.59 Å². The minimum atomic E-state index is -0.518. The summed E-state index contributed by atoms with van der Waals surface area (Å²) in [5, 5.41) is 7.46. The fraction of sp³-hybridized carbons (Fsp3) is 0.522. The third-order valence-electron chi connectivity index (χ3n) is 6.09. The first kappa shape index (κ1) is 20.4.